The molecule has 0 spiro atoms. The Hall–Kier alpha value is -0.0900. The largest absolute Gasteiger partial charge is 0.330 e. The van der Waals surface area contributed by atoms with E-state index < -0.39 is 0 Å². The lowest BCUT2D eigenvalue weighted by Crippen LogP contribution is -2.27. The molecule has 17 heavy (non-hydrogen) atoms. The Balaban J connectivity index is 0.00000144. The topological polar surface area (TPSA) is 29.3 Å². The Kier molecular flexibility index (Phi) is 5.93. The fourth-order valence-electron chi connectivity index (χ4n) is 2.43. The number of benzene rings is 1. The predicted octanol–water partition coefficient (Wildman–Crippen LogP) is 3.04. The SMILES string of the molecule is CC1CC(CN)CN1Cc1ccc(Br)cc1.Cl. The van der Waals surface area contributed by atoms with E-state index in [0.29, 0.717) is 12.0 Å². The van der Waals surface area contributed by atoms with Gasteiger partial charge >= 0.3 is 0 Å². The molecule has 2 N–H and O–H groups in total. The summed E-state index contributed by atoms with van der Waals surface area (Å²) in [5.74, 6) is 0.686. The van der Waals surface area contributed by atoms with Crippen LogP contribution in [0.3, 0.4) is 0 Å². The Morgan fingerprint density at radius 3 is 2.53 bits per heavy atom. The minimum atomic E-state index is 0. The van der Waals surface area contributed by atoms with Crippen molar-refractivity contribution < 1.29 is 0 Å². The Labute approximate surface area is 118 Å². The van der Waals surface area contributed by atoms with Crippen molar-refractivity contribution in [3.63, 3.8) is 0 Å². The van der Waals surface area contributed by atoms with Gasteiger partial charge in [0, 0.05) is 23.6 Å². The second-order valence-corrected chi connectivity index (χ2v) is 5.66. The molecule has 96 valence electrons. The van der Waals surface area contributed by atoms with Crippen LogP contribution in [0.5, 0.6) is 0 Å². The van der Waals surface area contributed by atoms with Gasteiger partial charge in [0.25, 0.3) is 0 Å². The third-order valence-corrected chi connectivity index (χ3v) is 3.95. The molecular formula is C13H20BrClN2. The molecule has 1 fully saturated rings. The standard InChI is InChI=1S/C13H19BrN2.ClH/c1-10-6-12(7-15)9-16(10)8-11-2-4-13(14)5-3-11;/h2-5,10,12H,6-9,15H2,1H3;1H. The summed E-state index contributed by atoms with van der Waals surface area (Å²) in [5.41, 5.74) is 7.12. The van der Waals surface area contributed by atoms with Crippen LogP contribution in [0, 0.1) is 5.92 Å². The zero-order valence-corrected chi connectivity index (χ0v) is 12.5. The Morgan fingerprint density at radius 1 is 1.35 bits per heavy atom. The summed E-state index contributed by atoms with van der Waals surface area (Å²) >= 11 is 3.46. The minimum absolute atomic E-state index is 0. The van der Waals surface area contributed by atoms with E-state index in [1.807, 2.05) is 0 Å². The lowest BCUT2D eigenvalue weighted by atomic mass is 10.1. The first-order chi connectivity index (χ1) is 7.69. The molecule has 0 bridgehead atoms. The summed E-state index contributed by atoms with van der Waals surface area (Å²) in [6.45, 7) is 5.31. The second-order valence-electron chi connectivity index (χ2n) is 4.74. The van der Waals surface area contributed by atoms with Crippen LogP contribution in [0.1, 0.15) is 18.9 Å². The van der Waals surface area contributed by atoms with Crippen molar-refractivity contribution in [1.82, 2.24) is 4.90 Å². The van der Waals surface area contributed by atoms with E-state index in [1.54, 1.807) is 0 Å². The quantitative estimate of drug-likeness (QED) is 0.928. The molecule has 1 aliphatic rings. The predicted molar refractivity (Wildman–Crippen MR) is 78.4 cm³/mol. The molecule has 2 unspecified atom stereocenters. The average Bonchev–Trinajstić information content (AvgIpc) is 2.63. The van der Waals surface area contributed by atoms with Crippen molar-refractivity contribution in [2.45, 2.75) is 25.9 Å². The fraction of sp³-hybridized carbons (Fsp3) is 0.538. The molecule has 2 rings (SSSR count). The monoisotopic (exact) mass is 318 g/mol. The second kappa shape index (κ2) is 6.74. The van der Waals surface area contributed by atoms with Crippen LogP contribution in [0.2, 0.25) is 0 Å². The first-order valence-corrected chi connectivity index (χ1v) is 6.67. The van der Waals surface area contributed by atoms with E-state index in [9.17, 15) is 0 Å². The number of nitrogens with zero attached hydrogens (tertiary/aromatic N) is 1. The van der Waals surface area contributed by atoms with Crippen LogP contribution in [-0.4, -0.2) is 24.0 Å². The maximum atomic E-state index is 5.74. The van der Waals surface area contributed by atoms with Crippen LogP contribution in [-0.2, 0) is 6.54 Å². The first-order valence-electron chi connectivity index (χ1n) is 5.87. The van der Waals surface area contributed by atoms with Crippen molar-refractivity contribution in [1.29, 1.82) is 0 Å². The molecular weight excluding hydrogens is 300 g/mol. The summed E-state index contributed by atoms with van der Waals surface area (Å²) in [4.78, 5) is 2.53. The van der Waals surface area contributed by atoms with Crippen LogP contribution in [0.15, 0.2) is 28.7 Å². The molecule has 2 atom stereocenters. The molecule has 2 nitrogen and oxygen atoms in total. The minimum Gasteiger partial charge on any atom is -0.330 e. The van der Waals surface area contributed by atoms with Gasteiger partial charge in [0.15, 0.2) is 0 Å². The molecule has 0 radical (unpaired) electrons. The van der Waals surface area contributed by atoms with Gasteiger partial charge in [-0.3, -0.25) is 4.90 Å². The molecule has 1 heterocycles. The highest BCUT2D eigenvalue weighted by Gasteiger charge is 2.27. The summed E-state index contributed by atoms with van der Waals surface area (Å²) in [5, 5.41) is 0. The molecule has 1 aromatic rings. The zero-order valence-electron chi connectivity index (χ0n) is 10.1. The van der Waals surface area contributed by atoms with Crippen molar-refractivity contribution in [2.75, 3.05) is 13.1 Å². The summed E-state index contributed by atoms with van der Waals surface area (Å²) in [6.07, 6.45) is 1.24. The summed E-state index contributed by atoms with van der Waals surface area (Å²) in [6, 6.07) is 9.25. The van der Waals surface area contributed by atoms with Gasteiger partial charge in [0.05, 0.1) is 0 Å². The van der Waals surface area contributed by atoms with Gasteiger partial charge in [-0.2, -0.15) is 0 Å². The molecule has 0 saturated carbocycles. The van der Waals surface area contributed by atoms with Gasteiger partial charge in [-0.05, 0) is 43.5 Å². The highest BCUT2D eigenvalue weighted by molar-refractivity contribution is 9.10. The molecule has 0 aromatic heterocycles. The highest BCUT2D eigenvalue weighted by Crippen LogP contribution is 2.24. The van der Waals surface area contributed by atoms with E-state index in [2.05, 4.69) is 52.0 Å². The molecule has 1 saturated heterocycles. The van der Waals surface area contributed by atoms with Gasteiger partial charge < -0.3 is 5.73 Å². The summed E-state index contributed by atoms with van der Waals surface area (Å²) < 4.78 is 1.14. The van der Waals surface area contributed by atoms with Crippen molar-refractivity contribution >= 4 is 28.3 Å². The number of likely N-dealkylation sites (tertiary alicyclic amines) is 1. The van der Waals surface area contributed by atoms with Crippen LogP contribution < -0.4 is 5.73 Å². The summed E-state index contributed by atoms with van der Waals surface area (Å²) in [7, 11) is 0. The van der Waals surface area contributed by atoms with Gasteiger partial charge in [-0.15, -0.1) is 12.4 Å². The molecule has 4 heteroatoms. The fourth-order valence-corrected chi connectivity index (χ4v) is 2.70. The molecule has 1 aromatic carbocycles. The maximum absolute atomic E-state index is 5.74. The third-order valence-electron chi connectivity index (χ3n) is 3.42. The Morgan fingerprint density at radius 2 is 2.00 bits per heavy atom. The molecule has 0 amide bonds. The smallest absolute Gasteiger partial charge is 0.0236 e. The average molecular weight is 320 g/mol. The van der Waals surface area contributed by atoms with Crippen LogP contribution in [0.4, 0.5) is 0 Å². The first kappa shape index (κ1) is 15.0. The highest BCUT2D eigenvalue weighted by atomic mass is 79.9. The van der Waals surface area contributed by atoms with E-state index in [1.165, 1.54) is 12.0 Å². The van der Waals surface area contributed by atoms with Gasteiger partial charge in [0.2, 0.25) is 0 Å². The van der Waals surface area contributed by atoms with Crippen LogP contribution >= 0.6 is 28.3 Å². The Bertz CT molecular complexity index is 342. The van der Waals surface area contributed by atoms with Crippen molar-refractivity contribution in [3.8, 4) is 0 Å². The maximum Gasteiger partial charge on any atom is 0.0236 e. The van der Waals surface area contributed by atoms with Crippen LogP contribution in [0.25, 0.3) is 0 Å². The van der Waals surface area contributed by atoms with Gasteiger partial charge in [0.1, 0.15) is 0 Å². The number of halogens is 2. The van der Waals surface area contributed by atoms with E-state index in [4.69, 9.17) is 5.73 Å². The molecule has 0 aliphatic carbocycles. The normalized spacial score (nSPS) is 24.6. The third kappa shape index (κ3) is 3.95. The van der Waals surface area contributed by atoms with Crippen molar-refractivity contribution in [2.24, 2.45) is 11.7 Å². The number of nitrogens with two attached hydrogens (primary N) is 1. The van der Waals surface area contributed by atoms with Gasteiger partial charge in [-0.1, -0.05) is 28.1 Å². The van der Waals surface area contributed by atoms with E-state index >= 15 is 0 Å². The number of hydrogen-bond donors (Lipinski definition) is 1. The lowest BCUT2D eigenvalue weighted by molar-refractivity contribution is 0.256. The zero-order chi connectivity index (χ0) is 11.5. The lowest BCUT2D eigenvalue weighted by Gasteiger charge is -2.21. The van der Waals surface area contributed by atoms with E-state index in [0.717, 1.165) is 24.1 Å². The van der Waals surface area contributed by atoms with E-state index in [-0.39, 0.29) is 12.4 Å². The number of hydrogen-bond acceptors (Lipinski definition) is 2. The number of rotatable bonds is 3. The van der Waals surface area contributed by atoms with Crippen molar-refractivity contribution in [3.05, 3.63) is 34.3 Å². The molecule has 1 aliphatic heterocycles. The van der Waals surface area contributed by atoms with Gasteiger partial charge in [-0.25, -0.2) is 0 Å².